The van der Waals surface area contributed by atoms with Crippen LogP contribution in [0.1, 0.15) is 45.4 Å². The molecule has 0 heterocycles. The molecule has 0 N–H and O–H groups in total. The Kier molecular flexibility index (Phi) is 6.99. The van der Waals surface area contributed by atoms with Crippen LogP contribution in [0.3, 0.4) is 0 Å². The Bertz CT molecular complexity index is 185. The second-order valence-electron chi connectivity index (χ2n) is 3.03. The van der Waals surface area contributed by atoms with Gasteiger partial charge in [-0.3, -0.25) is 4.21 Å². The second kappa shape index (κ2) is 6.80. The van der Waals surface area contributed by atoms with Crippen molar-refractivity contribution in [2.45, 2.75) is 45.4 Å². The molecule has 0 radical (unpaired) electrons. The van der Waals surface area contributed by atoms with Crippen LogP contribution in [0.25, 0.3) is 0 Å². The monoisotopic (exact) mass is 209 g/mol. The van der Waals surface area contributed by atoms with Gasteiger partial charge in [-0.2, -0.15) is 0 Å². The number of hydrogen-bond donors (Lipinski definition) is 0. The van der Waals surface area contributed by atoms with Crippen molar-refractivity contribution in [1.29, 1.82) is 0 Å². The van der Waals surface area contributed by atoms with Gasteiger partial charge in [-0.1, -0.05) is 39.0 Å². The van der Waals surface area contributed by atoms with E-state index in [9.17, 15) is 8.76 Å². The van der Waals surface area contributed by atoms with Gasteiger partial charge in [0, 0.05) is 5.75 Å². The third-order valence-electron chi connectivity index (χ3n) is 1.75. The molecule has 0 bridgehead atoms. The Balaban J connectivity index is 3.12. The minimum absolute atomic E-state index is 0.175. The molecule has 4 heteroatoms. The average molecular weight is 209 g/mol. The highest BCUT2D eigenvalue weighted by molar-refractivity contribution is 8.29. The van der Waals surface area contributed by atoms with Crippen molar-refractivity contribution < 1.29 is 8.76 Å². The SMILES string of the molecule is CCCCCCCCS(=O)([O-])=S. The smallest absolute Gasteiger partial charge is 0.0135 e. The van der Waals surface area contributed by atoms with Gasteiger partial charge in [-0.05, 0) is 26.4 Å². The van der Waals surface area contributed by atoms with Gasteiger partial charge in [0.15, 0.2) is 0 Å². The van der Waals surface area contributed by atoms with Gasteiger partial charge in [0.2, 0.25) is 0 Å². The van der Waals surface area contributed by atoms with Crippen molar-refractivity contribution in [3.63, 3.8) is 0 Å². The summed E-state index contributed by atoms with van der Waals surface area (Å²) in [7, 11) is -3.13. The molecule has 0 aromatic heterocycles. The van der Waals surface area contributed by atoms with E-state index in [0.717, 1.165) is 19.3 Å². The summed E-state index contributed by atoms with van der Waals surface area (Å²) in [6.07, 6.45) is 6.55. The molecule has 0 saturated carbocycles. The van der Waals surface area contributed by atoms with Crippen LogP contribution in [0.2, 0.25) is 0 Å². The first-order chi connectivity index (χ1) is 5.56. The van der Waals surface area contributed by atoms with Crippen LogP contribution in [0.15, 0.2) is 0 Å². The van der Waals surface area contributed by atoms with Crippen molar-refractivity contribution in [3.8, 4) is 0 Å². The highest BCUT2D eigenvalue weighted by Gasteiger charge is 1.92. The van der Waals surface area contributed by atoms with E-state index in [4.69, 9.17) is 0 Å². The number of rotatable bonds is 7. The Morgan fingerprint density at radius 3 is 2.17 bits per heavy atom. The molecule has 0 fully saturated rings. The number of hydrogen-bond acceptors (Lipinski definition) is 3. The van der Waals surface area contributed by atoms with E-state index in [0.29, 0.717) is 0 Å². The van der Waals surface area contributed by atoms with Gasteiger partial charge >= 0.3 is 0 Å². The Labute approximate surface area is 80.2 Å². The van der Waals surface area contributed by atoms with Crippen molar-refractivity contribution in [1.82, 2.24) is 0 Å². The summed E-state index contributed by atoms with van der Waals surface area (Å²) >= 11 is 4.26. The Morgan fingerprint density at radius 2 is 1.67 bits per heavy atom. The lowest BCUT2D eigenvalue weighted by Crippen LogP contribution is -2.02. The Hall–Kier alpha value is 0.330. The first-order valence-corrected chi connectivity index (χ1v) is 7.07. The van der Waals surface area contributed by atoms with E-state index in [2.05, 4.69) is 18.1 Å². The van der Waals surface area contributed by atoms with E-state index in [1.54, 1.807) is 0 Å². The minimum atomic E-state index is -3.13. The molecule has 0 aliphatic heterocycles. The fraction of sp³-hybridized carbons (Fsp3) is 1.00. The van der Waals surface area contributed by atoms with Gasteiger partial charge in [-0.25, -0.2) is 0 Å². The summed E-state index contributed by atoms with van der Waals surface area (Å²) < 4.78 is 21.1. The molecule has 0 spiro atoms. The molecule has 0 saturated heterocycles. The zero-order chi connectivity index (χ0) is 9.45. The summed E-state index contributed by atoms with van der Waals surface area (Å²) in [6.45, 7) is 2.16. The van der Waals surface area contributed by atoms with Crippen LogP contribution in [0.4, 0.5) is 0 Å². The molecule has 1 unspecified atom stereocenters. The maximum absolute atomic E-state index is 10.5. The lowest BCUT2D eigenvalue weighted by atomic mass is 10.1. The van der Waals surface area contributed by atoms with Crippen molar-refractivity contribution in [2.24, 2.45) is 0 Å². The molecule has 0 rings (SSSR count). The highest BCUT2D eigenvalue weighted by atomic mass is 32.8. The summed E-state index contributed by atoms with van der Waals surface area (Å²) in [5, 5.41) is 0. The first-order valence-electron chi connectivity index (χ1n) is 4.50. The van der Waals surface area contributed by atoms with Gasteiger partial charge in [0.05, 0.1) is 0 Å². The maximum Gasteiger partial charge on any atom is 0.0135 e. The molecule has 0 amide bonds. The predicted molar refractivity (Wildman–Crippen MR) is 54.5 cm³/mol. The molecule has 0 aromatic rings. The molecular formula is C8H17O2S2-. The zero-order valence-electron chi connectivity index (χ0n) is 7.58. The second-order valence-corrected chi connectivity index (χ2v) is 6.08. The van der Waals surface area contributed by atoms with Crippen molar-refractivity contribution >= 4 is 20.0 Å². The largest absolute Gasteiger partial charge is 0.769 e. The van der Waals surface area contributed by atoms with Crippen molar-refractivity contribution in [3.05, 3.63) is 0 Å². The first kappa shape index (κ1) is 12.3. The topological polar surface area (TPSA) is 40.1 Å². The fourth-order valence-corrected chi connectivity index (χ4v) is 1.97. The van der Waals surface area contributed by atoms with Gasteiger partial charge in [0.25, 0.3) is 0 Å². The molecule has 1 atom stereocenters. The highest BCUT2D eigenvalue weighted by Crippen LogP contribution is 2.05. The van der Waals surface area contributed by atoms with E-state index in [1.807, 2.05) is 0 Å². The zero-order valence-corrected chi connectivity index (χ0v) is 9.22. The van der Waals surface area contributed by atoms with E-state index in [1.165, 1.54) is 19.3 Å². The van der Waals surface area contributed by atoms with Crippen LogP contribution >= 0.6 is 0 Å². The molecular weight excluding hydrogens is 192 g/mol. The normalized spacial score (nSPS) is 15.8. The molecule has 2 nitrogen and oxygen atoms in total. The summed E-state index contributed by atoms with van der Waals surface area (Å²) in [5.41, 5.74) is 0. The summed E-state index contributed by atoms with van der Waals surface area (Å²) in [5.74, 6) is 0.175. The lowest BCUT2D eigenvalue weighted by Gasteiger charge is -2.08. The fourth-order valence-electron chi connectivity index (χ4n) is 1.06. The van der Waals surface area contributed by atoms with Gasteiger partial charge < -0.3 is 4.55 Å². The standard InChI is InChI=1S/C8H18O2S2/c1-2-3-4-5-6-7-8-12(9,10)11/h2-8H2,1H3,(H,9,10,11)/p-1. The third kappa shape index (κ3) is 10.3. The third-order valence-corrected chi connectivity index (χ3v) is 3.04. The van der Waals surface area contributed by atoms with Crippen LogP contribution in [-0.2, 0) is 20.0 Å². The lowest BCUT2D eigenvalue weighted by molar-refractivity contribution is 0.528. The van der Waals surface area contributed by atoms with E-state index in [-0.39, 0.29) is 5.75 Å². The van der Waals surface area contributed by atoms with Crippen LogP contribution < -0.4 is 0 Å². The van der Waals surface area contributed by atoms with Crippen LogP contribution in [-0.4, -0.2) is 14.5 Å². The minimum Gasteiger partial charge on any atom is -0.769 e. The number of unbranched alkanes of at least 4 members (excludes halogenated alkanes) is 5. The molecule has 0 aliphatic carbocycles. The molecule has 0 aromatic carbocycles. The van der Waals surface area contributed by atoms with Crippen LogP contribution in [0, 0.1) is 0 Å². The summed E-state index contributed by atoms with van der Waals surface area (Å²) in [6, 6.07) is 0. The molecule has 0 aliphatic rings. The van der Waals surface area contributed by atoms with Gasteiger partial charge in [-0.15, -0.1) is 0 Å². The maximum atomic E-state index is 10.5. The summed E-state index contributed by atoms with van der Waals surface area (Å²) in [4.78, 5) is 0. The van der Waals surface area contributed by atoms with Gasteiger partial charge in [0.1, 0.15) is 0 Å². The van der Waals surface area contributed by atoms with Crippen molar-refractivity contribution in [2.75, 3.05) is 5.75 Å². The quantitative estimate of drug-likeness (QED) is 0.604. The average Bonchev–Trinajstić information content (AvgIpc) is 1.94. The molecule has 74 valence electrons. The predicted octanol–water partition coefficient (Wildman–Crippen LogP) is 2.22. The molecule has 12 heavy (non-hydrogen) atoms. The van der Waals surface area contributed by atoms with E-state index >= 15 is 0 Å². The van der Waals surface area contributed by atoms with E-state index < -0.39 is 8.77 Å². The Morgan fingerprint density at radius 1 is 1.17 bits per heavy atom. The van der Waals surface area contributed by atoms with Crippen LogP contribution in [0.5, 0.6) is 0 Å².